The van der Waals surface area contributed by atoms with Crippen molar-refractivity contribution in [2.45, 2.75) is 67.2 Å². The van der Waals surface area contributed by atoms with Crippen molar-refractivity contribution in [3.05, 3.63) is 22.3 Å². The van der Waals surface area contributed by atoms with Crippen molar-refractivity contribution in [3.8, 4) is 0 Å². The van der Waals surface area contributed by atoms with Crippen molar-refractivity contribution in [2.24, 2.45) is 33.5 Å². The van der Waals surface area contributed by atoms with Gasteiger partial charge in [-0.2, -0.15) is 0 Å². The number of ether oxygens (including phenoxy) is 1. The smallest absolute Gasteiger partial charge is 0.343 e. The highest BCUT2D eigenvalue weighted by Crippen LogP contribution is 2.69. The second-order valence-electron chi connectivity index (χ2n) is 11.2. The van der Waals surface area contributed by atoms with Crippen LogP contribution in [0.2, 0.25) is 0 Å². The first-order valence-corrected chi connectivity index (χ1v) is 10.9. The molecule has 31 heavy (non-hydrogen) atoms. The Morgan fingerprint density at radius 2 is 1.03 bits per heavy atom. The molecule has 0 aromatic heterocycles. The number of fused-ring (bicyclic) bond motifs is 4. The lowest BCUT2D eigenvalue weighted by atomic mass is 9.67. The Morgan fingerprint density at radius 1 is 0.710 bits per heavy atom. The topological polar surface area (TPSA) is 118 Å². The molecule has 0 radical (unpaired) electrons. The SMILES string of the molecule is CC12CCC(C(C(=O)O)=C1C(=O)OC(=O)C1=C(C(=O)O)C3CCC1(C)C3(C)C)C2(C)C. The second-order valence-corrected chi connectivity index (χ2v) is 11.2. The van der Waals surface area contributed by atoms with E-state index in [0.29, 0.717) is 25.7 Å². The van der Waals surface area contributed by atoms with Crippen LogP contribution in [0.15, 0.2) is 22.3 Å². The van der Waals surface area contributed by atoms with Crippen molar-refractivity contribution in [1.82, 2.24) is 0 Å². The molecule has 4 aliphatic rings. The molecule has 4 unspecified atom stereocenters. The number of hydrogen-bond donors (Lipinski definition) is 2. The molecule has 4 rings (SSSR count). The Hall–Kier alpha value is -2.44. The molecule has 4 bridgehead atoms. The van der Waals surface area contributed by atoms with E-state index in [2.05, 4.69) is 0 Å². The summed E-state index contributed by atoms with van der Waals surface area (Å²) in [5.41, 5.74) is -2.17. The molecule has 0 spiro atoms. The third-order valence-electron chi connectivity index (χ3n) is 9.85. The van der Waals surface area contributed by atoms with Crippen LogP contribution in [0.1, 0.15) is 67.2 Å². The van der Waals surface area contributed by atoms with Crippen LogP contribution in [-0.4, -0.2) is 34.1 Å². The first-order valence-electron chi connectivity index (χ1n) is 10.9. The molecule has 7 heteroatoms. The maximum atomic E-state index is 13.2. The maximum absolute atomic E-state index is 13.2. The van der Waals surface area contributed by atoms with E-state index in [0.717, 1.165) is 0 Å². The molecular weight excluding hydrogens is 400 g/mol. The highest BCUT2D eigenvalue weighted by molar-refractivity contribution is 6.11. The van der Waals surface area contributed by atoms with Gasteiger partial charge in [0.05, 0.1) is 22.3 Å². The predicted octanol–water partition coefficient (Wildman–Crippen LogP) is 3.73. The molecule has 4 atom stereocenters. The zero-order valence-corrected chi connectivity index (χ0v) is 18.9. The Bertz CT molecular complexity index is 931. The molecule has 0 aliphatic heterocycles. The van der Waals surface area contributed by atoms with Gasteiger partial charge < -0.3 is 14.9 Å². The third-order valence-corrected chi connectivity index (χ3v) is 9.85. The van der Waals surface area contributed by atoms with Gasteiger partial charge in [0, 0.05) is 10.8 Å². The molecule has 0 aromatic carbocycles. The van der Waals surface area contributed by atoms with E-state index in [1.807, 2.05) is 41.5 Å². The second kappa shape index (κ2) is 6.08. The summed E-state index contributed by atoms with van der Waals surface area (Å²) in [7, 11) is 0. The summed E-state index contributed by atoms with van der Waals surface area (Å²) in [6, 6.07) is 0. The minimum absolute atomic E-state index is 0.0310. The molecule has 0 heterocycles. The molecule has 2 N–H and O–H groups in total. The number of carbonyl (C=O) groups is 4. The van der Waals surface area contributed by atoms with Crippen molar-refractivity contribution in [2.75, 3.05) is 0 Å². The molecule has 0 saturated heterocycles. The van der Waals surface area contributed by atoms with Gasteiger partial charge in [0.15, 0.2) is 0 Å². The number of hydrogen-bond acceptors (Lipinski definition) is 5. The van der Waals surface area contributed by atoms with E-state index in [9.17, 15) is 29.4 Å². The molecular formula is C24H30O7. The fourth-order valence-electron chi connectivity index (χ4n) is 7.22. The highest BCUT2D eigenvalue weighted by Gasteiger charge is 2.66. The van der Waals surface area contributed by atoms with E-state index in [1.54, 1.807) is 0 Å². The molecule has 4 aliphatic carbocycles. The van der Waals surface area contributed by atoms with Crippen LogP contribution in [0.25, 0.3) is 0 Å². The number of aliphatic carboxylic acids is 2. The van der Waals surface area contributed by atoms with Gasteiger partial charge in [0.2, 0.25) is 0 Å². The van der Waals surface area contributed by atoms with Gasteiger partial charge in [0.25, 0.3) is 0 Å². The average Bonchev–Trinajstić information content (AvgIpc) is 3.15. The first kappa shape index (κ1) is 21.8. The van der Waals surface area contributed by atoms with Gasteiger partial charge in [0.1, 0.15) is 0 Å². The Morgan fingerprint density at radius 3 is 1.32 bits per heavy atom. The van der Waals surface area contributed by atoms with Gasteiger partial charge in [-0.3, -0.25) is 0 Å². The highest BCUT2D eigenvalue weighted by atomic mass is 16.6. The number of carboxylic acids is 2. The van der Waals surface area contributed by atoms with Gasteiger partial charge in [-0.25, -0.2) is 19.2 Å². The maximum Gasteiger partial charge on any atom is 0.343 e. The van der Waals surface area contributed by atoms with Crippen LogP contribution >= 0.6 is 0 Å². The summed E-state index contributed by atoms with van der Waals surface area (Å²) in [5.74, 6) is -4.83. The van der Waals surface area contributed by atoms with E-state index < -0.39 is 45.5 Å². The summed E-state index contributed by atoms with van der Waals surface area (Å²) < 4.78 is 5.28. The Kier molecular flexibility index (Phi) is 4.27. The van der Waals surface area contributed by atoms with E-state index in [-0.39, 0.29) is 34.1 Å². The van der Waals surface area contributed by atoms with Crippen LogP contribution in [0, 0.1) is 33.5 Å². The summed E-state index contributed by atoms with van der Waals surface area (Å²) in [5, 5.41) is 19.6. The van der Waals surface area contributed by atoms with Gasteiger partial charge in [-0.15, -0.1) is 0 Å². The van der Waals surface area contributed by atoms with Crippen LogP contribution in [0.5, 0.6) is 0 Å². The number of carboxylic acid groups (broad SMARTS) is 2. The first-order chi connectivity index (χ1) is 14.1. The number of carbonyl (C=O) groups excluding carboxylic acids is 2. The quantitative estimate of drug-likeness (QED) is 0.515. The molecule has 7 nitrogen and oxygen atoms in total. The van der Waals surface area contributed by atoms with Crippen molar-refractivity contribution < 1.29 is 34.1 Å². The zero-order valence-electron chi connectivity index (χ0n) is 18.9. The van der Waals surface area contributed by atoms with Crippen LogP contribution in [-0.2, 0) is 23.9 Å². The molecule has 0 aromatic rings. The lowest BCUT2D eigenvalue weighted by molar-refractivity contribution is -0.156. The van der Waals surface area contributed by atoms with Gasteiger partial charge in [-0.05, 0) is 48.3 Å². The largest absolute Gasteiger partial charge is 0.478 e. The third kappa shape index (κ3) is 2.35. The summed E-state index contributed by atoms with van der Waals surface area (Å²) >= 11 is 0. The lowest BCUT2D eigenvalue weighted by Crippen LogP contribution is -2.36. The number of rotatable bonds is 4. The normalized spacial score (nSPS) is 36.8. The average molecular weight is 430 g/mol. The molecule has 0 amide bonds. The van der Waals surface area contributed by atoms with E-state index in [4.69, 9.17) is 4.74 Å². The zero-order chi connectivity index (χ0) is 23.3. The minimum Gasteiger partial charge on any atom is -0.478 e. The molecule has 2 saturated carbocycles. The standard InChI is InChI=1S/C24H30O7/c1-21(2)11-7-9-23(21,5)15(13(11)17(25)26)19(29)31-20(30)16-14(18(27)28)12-8-10-24(16,6)22(12,3)4/h11-12H,7-10H2,1-6H3,(H,25,26)(H,27,28). The van der Waals surface area contributed by atoms with Gasteiger partial charge in [-0.1, -0.05) is 41.5 Å². The monoisotopic (exact) mass is 430 g/mol. The fourth-order valence-corrected chi connectivity index (χ4v) is 7.22. The van der Waals surface area contributed by atoms with Crippen molar-refractivity contribution in [1.29, 1.82) is 0 Å². The minimum atomic E-state index is -1.17. The fraction of sp³-hybridized carbons (Fsp3) is 0.667. The molecule has 168 valence electrons. The van der Waals surface area contributed by atoms with E-state index >= 15 is 0 Å². The van der Waals surface area contributed by atoms with Crippen molar-refractivity contribution >= 4 is 23.9 Å². The van der Waals surface area contributed by atoms with Crippen molar-refractivity contribution in [3.63, 3.8) is 0 Å². The summed E-state index contributed by atoms with van der Waals surface area (Å²) in [6.45, 7) is 11.5. The van der Waals surface area contributed by atoms with Gasteiger partial charge >= 0.3 is 23.9 Å². The summed E-state index contributed by atoms with van der Waals surface area (Å²) in [4.78, 5) is 50.5. The number of esters is 2. The lowest BCUT2D eigenvalue weighted by Gasteiger charge is -2.37. The van der Waals surface area contributed by atoms with Crippen LogP contribution < -0.4 is 0 Å². The Labute approximate surface area is 181 Å². The van der Waals surface area contributed by atoms with E-state index in [1.165, 1.54) is 0 Å². The molecule has 2 fully saturated rings. The van der Waals surface area contributed by atoms with Crippen LogP contribution in [0.3, 0.4) is 0 Å². The Balaban J connectivity index is 1.74. The predicted molar refractivity (Wildman–Crippen MR) is 110 cm³/mol. The summed E-state index contributed by atoms with van der Waals surface area (Å²) in [6.07, 6.45) is 2.60. The van der Waals surface area contributed by atoms with Crippen LogP contribution in [0.4, 0.5) is 0 Å².